The molecular weight excluding hydrogens is 388 g/mol. The van der Waals surface area contributed by atoms with E-state index in [9.17, 15) is 14.9 Å². The number of nitro groups is 1. The summed E-state index contributed by atoms with van der Waals surface area (Å²) in [5.74, 6) is 0.288. The Morgan fingerprint density at radius 3 is 2.89 bits per heavy atom. The minimum Gasteiger partial charge on any atom is -0.411 e. The van der Waals surface area contributed by atoms with E-state index in [-0.39, 0.29) is 28.5 Å². The van der Waals surface area contributed by atoms with Crippen molar-refractivity contribution in [2.75, 3.05) is 12.8 Å². The van der Waals surface area contributed by atoms with Crippen LogP contribution in [-0.2, 0) is 11.3 Å². The van der Waals surface area contributed by atoms with E-state index in [1.165, 1.54) is 17.7 Å². The van der Waals surface area contributed by atoms with Crippen molar-refractivity contribution in [1.29, 1.82) is 0 Å². The summed E-state index contributed by atoms with van der Waals surface area (Å²) in [6.45, 7) is 2.58. The largest absolute Gasteiger partial charge is 0.411 e. The first-order valence-corrected chi connectivity index (χ1v) is 9.78. The zero-order chi connectivity index (χ0) is 19.4. The lowest BCUT2D eigenvalue weighted by Crippen LogP contribution is -2.27. The second-order valence-electron chi connectivity index (χ2n) is 5.75. The van der Waals surface area contributed by atoms with Crippen molar-refractivity contribution in [1.82, 2.24) is 15.1 Å². The van der Waals surface area contributed by atoms with Crippen LogP contribution in [0.2, 0.25) is 0 Å². The Balaban J connectivity index is 1.59. The van der Waals surface area contributed by atoms with Gasteiger partial charge in [-0.1, -0.05) is 17.8 Å². The van der Waals surface area contributed by atoms with E-state index in [2.05, 4.69) is 10.2 Å². The molecule has 8 nitrogen and oxygen atoms in total. The van der Waals surface area contributed by atoms with Crippen LogP contribution in [0.4, 0.5) is 5.69 Å². The zero-order valence-electron chi connectivity index (χ0n) is 14.6. The number of amides is 1. The van der Waals surface area contributed by atoms with Crippen LogP contribution >= 0.6 is 23.1 Å². The van der Waals surface area contributed by atoms with E-state index in [0.717, 1.165) is 16.6 Å². The van der Waals surface area contributed by atoms with Gasteiger partial charge in [-0.2, -0.15) is 0 Å². The Kier molecular flexibility index (Phi) is 5.87. The number of thioether (sulfide) groups is 1. The number of hydrogen-bond donors (Lipinski definition) is 0. The fourth-order valence-electron chi connectivity index (χ4n) is 2.24. The predicted molar refractivity (Wildman–Crippen MR) is 103 cm³/mol. The van der Waals surface area contributed by atoms with Crippen LogP contribution in [-0.4, -0.2) is 38.7 Å². The van der Waals surface area contributed by atoms with Crippen LogP contribution in [0.15, 0.2) is 45.4 Å². The van der Waals surface area contributed by atoms with E-state index in [1.54, 1.807) is 35.4 Å². The smallest absolute Gasteiger partial charge is 0.277 e. The standard InChI is InChI=1S/C17H16N4O4S2/c1-11-6-7-26-14(11)9-20(2)15(22)10-27-17-19-18-16(25-17)12-4-3-5-13(8-12)21(23)24/h3-8H,9-10H2,1-2H3. The SMILES string of the molecule is Cc1ccsc1CN(C)C(=O)CSc1nnc(-c2cccc([N+](=O)[O-])c2)o1. The molecule has 0 saturated heterocycles. The molecule has 3 rings (SSSR count). The molecule has 0 N–H and O–H groups in total. The van der Waals surface area contributed by atoms with Crippen LogP contribution in [0, 0.1) is 17.0 Å². The Morgan fingerprint density at radius 1 is 1.37 bits per heavy atom. The van der Waals surface area contributed by atoms with Gasteiger partial charge in [0.05, 0.1) is 17.2 Å². The molecule has 10 heteroatoms. The number of aromatic nitrogens is 2. The zero-order valence-corrected chi connectivity index (χ0v) is 16.2. The van der Waals surface area contributed by atoms with Gasteiger partial charge < -0.3 is 9.32 Å². The lowest BCUT2D eigenvalue weighted by molar-refractivity contribution is -0.384. The van der Waals surface area contributed by atoms with Crippen LogP contribution < -0.4 is 0 Å². The van der Waals surface area contributed by atoms with Crippen molar-refractivity contribution in [2.45, 2.75) is 18.7 Å². The molecule has 2 heterocycles. The fraction of sp³-hybridized carbons (Fsp3) is 0.235. The van der Waals surface area contributed by atoms with Crippen molar-refractivity contribution in [3.05, 3.63) is 56.3 Å². The molecule has 1 aromatic carbocycles. The van der Waals surface area contributed by atoms with E-state index in [1.807, 2.05) is 18.4 Å². The van der Waals surface area contributed by atoms with Gasteiger partial charge in [-0.25, -0.2) is 0 Å². The summed E-state index contributed by atoms with van der Waals surface area (Å²) in [5, 5.41) is 20.9. The third-order valence-corrected chi connectivity index (χ3v) is 5.62. The molecule has 27 heavy (non-hydrogen) atoms. The molecule has 3 aromatic rings. The van der Waals surface area contributed by atoms with Gasteiger partial charge in [0.2, 0.25) is 11.8 Å². The first kappa shape index (κ1) is 19.1. The lowest BCUT2D eigenvalue weighted by Gasteiger charge is -2.16. The number of carbonyl (C=O) groups excluding carboxylic acids is 1. The van der Waals surface area contributed by atoms with Gasteiger partial charge >= 0.3 is 0 Å². The number of thiophene rings is 1. The fourth-order valence-corrected chi connectivity index (χ4v) is 3.90. The monoisotopic (exact) mass is 404 g/mol. The summed E-state index contributed by atoms with van der Waals surface area (Å²) in [6.07, 6.45) is 0. The number of carbonyl (C=O) groups is 1. The summed E-state index contributed by atoms with van der Waals surface area (Å²) >= 11 is 2.76. The molecule has 0 spiro atoms. The maximum absolute atomic E-state index is 12.3. The molecule has 0 atom stereocenters. The number of rotatable bonds is 7. The number of benzene rings is 1. The first-order valence-electron chi connectivity index (χ1n) is 7.92. The third-order valence-electron chi connectivity index (χ3n) is 3.80. The van der Waals surface area contributed by atoms with Crippen LogP contribution in [0.5, 0.6) is 0 Å². The summed E-state index contributed by atoms with van der Waals surface area (Å²) in [7, 11) is 1.75. The van der Waals surface area contributed by atoms with E-state index >= 15 is 0 Å². The highest BCUT2D eigenvalue weighted by Crippen LogP contribution is 2.26. The molecule has 0 aliphatic rings. The van der Waals surface area contributed by atoms with Gasteiger partial charge in [-0.15, -0.1) is 21.5 Å². The number of hydrogen-bond acceptors (Lipinski definition) is 8. The molecule has 0 radical (unpaired) electrons. The quantitative estimate of drug-likeness (QED) is 0.335. The van der Waals surface area contributed by atoms with E-state index < -0.39 is 4.92 Å². The maximum atomic E-state index is 12.3. The van der Waals surface area contributed by atoms with Crippen molar-refractivity contribution in [2.24, 2.45) is 0 Å². The Bertz CT molecular complexity index is 969. The molecule has 1 amide bonds. The minimum atomic E-state index is -0.487. The highest BCUT2D eigenvalue weighted by atomic mass is 32.2. The Labute approximate surface area is 163 Å². The third kappa shape index (κ3) is 4.72. The lowest BCUT2D eigenvalue weighted by atomic mass is 10.2. The Hall–Kier alpha value is -2.72. The summed E-state index contributed by atoms with van der Waals surface area (Å²) < 4.78 is 5.51. The van der Waals surface area contributed by atoms with Crippen LogP contribution in [0.1, 0.15) is 10.4 Å². The van der Waals surface area contributed by atoms with E-state index in [4.69, 9.17) is 4.42 Å². The second-order valence-corrected chi connectivity index (χ2v) is 7.67. The summed E-state index contributed by atoms with van der Waals surface area (Å²) in [6, 6.07) is 7.98. The van der Waals surface area contributed by atoms with E-state index in [0.29, 0.717) is 12.1 Å². The van der Waals surface area contributed by atoms with Crippen molar-refractivity contribution in [3.8, 4) is 11.5 Å². The van der Waals surface area contributed by atoms with Gasteiger partial charge in [-0.05, 0) is 30.0 Å². The molecule has 140 valence electrons. The predicted octanol–water partition coefficient (Wildman–Crippen LogP) is 3.77. The molecule has 0 saturated carbocycles. The highest BCUT2D eigenvalue weighted by Gasteiger charge is 2.16. The van der Waals surface area contributed by atoms with Gasteiger partial charge in [0, 0.05) is 29.6 Å². The molecule has 0 aliphatic heterocycles. The number of aryl methyl sites for hydroxylation is 1. The summed E-state index contributed by atoms with van der Waals surface area (Å²) in [5.41, 5.74) is 1.58. The second kappa shape index (κ2) is 8.31. The molecule has 0 aliphatic carbocycles. The average molecular weight is 404 g/mol. The normalized spacial score (nSPS) is 10.7. The van der Waals surface area contributed by atoms with Crippen molar-refractivity contribution in [3.63, 3.8) is 0 Å². The summed E-state index contributed by atoms with van der Waals surface area (Å²) in [4.78, 5) is 25.5. The highest BCUT2D eigenvalue weighted by molar-refractivity contribution is 7.99. The van der Waals surface area contributed by atoms with Gasteiger partial charge in [0.15, 0.2) is 0 Å². The molecule has 0 bridgehead atoms. The number of nitrogens with zero attached hydrogens (tertiary/aromatic N) is 4. The van der Waals surface area contributed by atoms with Crippen LogP contribution in [0.3, 0.4) is 0 Å². The van der Waals surface area contributed by atoms with Gasteiger partial charge in [0.25, 0.3) is 10.9 Å². The average Bonchev–Trinajstić information content (AvgIpc) is 3.29. The molecule has 0 unspecified atom stereocenters. The minimum absolute atomic E-state index is 0.0529. The van der Waals surface area contributed by atoms with Crippen molar-refractivity contribution >= 4 is 34.7 Å². The van der Waals surface area contributed by atoms with Crippen LogP contribution in [0.25, 0.3) is 11.5 Å². The maximum Gasteiger partial charge on any atom is 0.277 e. The molecule has 2 aromatic heterocycles. The first-order chi connectivity index (χ1) is 12.9. The van der Waals surface area contributed by atoms with Gasteiger partial charge in [-0.3, -0.25) is 14.9 Å². The molecular formula is C17H16N4O4S2. The number of non-ortho nitro benzene ring substituents is 1. The Morgan fingerprint density at radius 2 is 2.19 bits per heavy atom. The molecule has 0 fully saturated rings. The van der Waals surface area contributed by atoms with Gasteiger partial charge in [0.1, 0.15) is 0 Å². The number of nitro benzene ring substituents is 1. The van der Waals surface area contributed by atoms with Crippen molar-refractivity contribution < 1.29 is 14.1 Å². The topological polar surface area (TPSA) is 102 Å².